The third kappa shape index (κ3) is 4.83. The van der Waals surface area contributed by atoms with Crippen LogP contribution in [0.3, 0.4) is 0 Å². The van der Waals surface area contributed by atoms with Gasteiger partial charge in [-0.1, -0.05) is 0 Å². The van der Waals surface area contributed by atoms with Crippen LogP contribution in [0, 0.1) is 6.92 Å². The molecular formula is C12H21N3O2S2. The van der Waals surface area contributed by atoms with E-state index in [0.717, 1.165) is 36.5 Å². The first kappa shape index (κ1) is 14.9. The number of aryl methyl sites for hydroxylation is 1. The zero-order valence-electron chi connectivity index (χ0n) is 11.3. The Kier molecular flexibility index (Phi) is 4.94. The van der Waals surface area contributed by atoms with Crippen molar-refractivity contribution in [1.82, 2.24) is 15.0 Å². The Balaban J connectivity index is 1.63. The zero-order chi connectivity index (χ0) is 13.9. The summed E-state index contributed by atoms with van der Waals surface area (Å²) in [5.41, 5.74) is 1.06. The predicted molar refractivity (Wildman–Crippen MR) is 78.0 cm³/mol. The monoisotopic (exact) mass is 303 g/mol. The Morgan fingerprint density at radius 1 is 1.53 bits per heavy atom. The Morgan fingerprint density at radius 3 is 2.84 bits per heavy atom. The molecule has 0 unspecified atom stereocenters. The van der Waals surface area contributed by atoms with Gasteiger partial charge in [0, 0.05) is 36.6 Å². The van der Waals surface area contributed by atoms with E-state index >= 15 is 0 Å². The minimum atomic E-state index is -3.06. The molecule has 1 aliphatic rings. The molecule has 1 atom stereocenters. The van der Waals surface area contributed by atoms with Crippen molar-refractivity contribution < 1.29 is 8.42 Å². The first-order chi connectivity index (χ1) is 8.97. The molecule has 0 saturated heterocycles. The van der Waals surface area contributed by atoms with Gasteiger partial charge in [0.25, 0.3) is 0 Å². The minimum Gasteiger partial charge on any atom is -0.313 e. The van der Waals surface area contributed by atoms with Crippen molar-refractivity contribution in [3.05, 3.63) is 16.1 Å². The molecule has 7 heteroatoms. The van der Waals surface area contributed by atoms with Crippen LogP contribution in [-0.2, 0) is 16.4 Å². The summed E-state index contributed by atoms with van der Waals surface area (Å²) in [6, 6.07) is 0.134. The summed E-state index contributed by atoms with van der Waals surface area (Å²) in [6.07, 6.45) is 2.50. The van der Waals surface area contributed by atoms with Crippen LogP contribution in [0.1, 0.15) is 30.5 Å². The highest BCUT2D eigenvalue weighted by atomic mass is 32.2. The molecule has 0 radical (unpaired) electrons. The van der Waals surface area contributed by atoms with Crippen LogP contribution >= 0.6 is 11.3 Å². The fraction of sp³-hybridized carbons (Fsp3) is 0.750. The van der Waals surface area contributed by atoms with Crippen molar-refractivity contribution in [2.24, 2.45) is 0 Å². The molecule has 0 aromatic carbocycles. The van der Waals surface area contributed by atoms with Gasteiger partial charge >= 0.3 is 0 Å². The minimum absolute atomic E-state index is 0.134. The van der Waals surface area contributed by atoms with Crippen LogP contribution in [0.15, 0.2) is 5.38 Å². The van der Waals surface area contributed by atoms with Gasteiger partial charge in [-0.25, -0.2) is 18.1 Å². The molecule has 1 aromatic heterocycles. The van der Waals surface area contributed by atoms with E-state index in [1.165, 1.54) is 0 Å². The SMILES string of the molecule is Cc1csc(CCN[C@@H](C)CNS(=O)(=O)C2CC2)n1. The second-order valence-electron chi connectivity index (χ2n) is 5.08. The lowest BCUT2D eigenvalue weighted by Gasteiger charge is -2.14. The second kappa shape index (κ2) is 6.30. The molecule has 1 fully saturated rings. The third-order valence-electron chi connectivity index (χ3n) is 3.05. The van der Waals surface area contributed by atoms with Gasteiger partial charge in [0.2, 0.25) is 10.0 Å². The Bertz CT molecular complexity index is 509. The highest BCUT2D eigenvalue weighted by molar-refractivity contribution is 7.90. The van der Waals surface area contributed by atoms with Gasteiger partial charge in [0.1, 0.15) is 0 Å². The molecule has 5 nitrogen and oxygen atoms in total. The van der Waals surface area contributed by atoms with Crippen molar-refractivity contribution in [2.45, 2.75) is 44.4 Å². The number of rotatable bonds is 8. The van der Waals surface area contributed by atoms with Crippen LogP contribution in [0.2, 0.25) is 0 Å². The molecular weight excluding hydrogens is 282 g/mol. The number of hydrogen-bond donors (Lipinski definition) is 2. The van der Waals surface area contributed by atoms with E-state index in [4.69, 9.17) is 0 Å². The average Bonchev–Trinajstić information content (AvgIpc) is 3.13. The van der Waals surface area contributed by atoms with Crippen LogP contribution in [0.5, 0.6) is 0 Å². The van der Waals surface area contributed by atoms with Crippen LogP contribution < -0.4 is 10.0 Å². The molecule has 0 spiro atoms. The molecule has 19 heavy (non-hydrogen) atoms. The Labute approximate surface area is 118 Å². The highest BCUT2D eigenvalue weighted by Gasteiger charge is 2.35. The summed E-state index contributed by atoms with van der Waals surface area (Å²) in [5, 5.41) is 6.34. The summed E-state index contributed by atoms with van der Waals surface area (Å²) in [6.45, 7) is 5.25. The molecule has 0 aliphatic heterocycles. The lowest BCUT2D eigenvalue weighted by atomic mass is 10.3. The predicted octanol–water partition coefficient (Wildman–Crippen LogP) is 1.05. The van der Waals surface area contributed by atoms with Crippen LogP contribution in [-0.4, -0.2) is 37.8 Å². The summed E-state index contributed by atoms with van der Waals surface area (Å²) in [4.78, 5) is 4.39. The van der Waals surface area contributed by atoms with Gasteiger partial charge in [-0.15, -0.1) is 11.3 Å². The number of hydrogen-bond acceptors (Lipinski definition) is 5. The average molecular weight is 303 g/mol. The van der Waals surface area contributed by atoms with E-state index < -0.39 is 10.0 Å². The summed E-state index contributed by atoms with van der Waals surface area (Å²) in [5.74, 6) is 0. The van der Waals surface area contributed by atoms with Crippen molar-refractivity contribution in [1.29, 1.82) is 0 Å². The maximum atomic E-state index is 11.6. The lowest BCUT2D eigenvalue weighted by Crippen LogP contribution is -2.40. The van der Waals surface area contributed by atoms with E-state index in [1.807, 2.05) is 19.2 Å². The van der Waals surface area contributed by atoms with Crippen LogP contribution in [0.4, 0.5) is 0 Å². The van der Waals surface area contributed by atoms with E-state index in [0.29, 0.717) is 6.54 Å². The highest BCUT2D eigenvalue weighted by Crippen LogP contribution is 2.27. The van der Waals surface area contributed by atoms with Crippen molar-refractivity contribution >= 4 is 21.4 Å². The van der Waals surface area contributed by atoms with Crippen LogP contribution in [0.25, 0.3) is 0 Å². The summed E-state index contributed by atoms with van der Waals surface area (Å²) < 4.78 is 26.0. The molecule has 0 amide bonds. The Hall–Kier alpha value is -0.500. The van der Waals surface area contributed by atoms with Gasteiger partial charge in [0.15, 0.2) is 0 Å². The van der Waals surface area contributed by atoms with Gasteiger partial charge in [0.05, 0.1) is 10.3 Å². The van der Waals surface area contributed by atoms with Gasteiger partial charge in [-0.05, 0) is 26.7 Å². The van der Waals surface area contributed by atoms with E-state index in [1.54, 1.807) is 11.3 Å². The number of sulfonamides is 1. The first-order valence-electron chi connectivity index (χ1n) is 6.60. The molecule has 1 aliphatic carbocycles. The maximum absolute atomic E-state index is 11.6. The summed E-state index contributed by atoms with van der Waals surface area (Å²) in [7, 11) is -3.06. The van der Waals surface area contributed by atoms with Gasteiger partial charge < -0.3 is 5.32 Å². The number of aromatic nitrogens is 1. The fourth-order valence-corrected chi connectivity index (χ4v) is 4.00. The van der Waals surface area contributed by atoms with E-state index in [2.05, 4.69) is 15.0 Å². The number of thiazole rings is 1. The largest absolute Gasteiger partial charge is 0.313 e. The second-order valence-corrected chi connectivity index (χ2v) is 8.07. The number of nitrogens with one attached hydrogen (secondary N) is 2. The van der Waals surface area contributed by atoms with E-state index in [9.17, 15) is 8.42 Å². The molecule has 2 rings (SSSR count). The lowest BCUT2D eigenvalue weighted by molar-refractivity contribution is 0.526. The smallest absolute Gasteiger partial charge is 0.214 e. The molecule has 1 saturated carbocycles. The topological polar surface area (TPSA) is 71.1 Å². The fourth-order valence-electron chi connectivity index (χ4n) is 1.75. The molecule has 1 heterocycles. The van der Waals surface area contributed by atoms with Gasteiger partial charge in [-0.2, -0.15) is 0 Å². The zero-order valence-corrected chi connectivity index (χ0v) is 13.0. The van der Waals surface area contributed by atoms with Gasteiger partial charge in [-0.3, -0.25) is 0 Å². The quantitative estimate of drug-likeness (QED) is 0.753. The van der Waals surface area contributed by atoms with Crippen molar-refractivity contribution in [3.63, 3.8) is 0 Å². The van der Waals surface area contributed by atoms with E-state index in [-0.39, 0.29) is 11.3 Å². The summed E-state index contributed by atoms with van der Waals surface area (Å²) >= 11 is 1.67. The maximum Gasteiger partial charge on any atom is 0.214 e. The number of nitrogens with zero attached hydrogens (tertiary/aromatic N) is 1. The normalized spacial score (nSPS) is 17.6. The molecule has 2 N–H and O–H groups in total. The standard InChI is InChI=1S/C12H21N3O2S2/c1-9(7-14-19(16,17)11-3-4-11)13-6-5-12-15-10(2)8-18-12/h8-9,11,13-14H,3-7H2,1-2H3/t9-/m0/s1. The van der Waals surface area contributed by atoms with Crippen molar-refractivity contribution in [2.75, 3.05) is 13.1 Å². The third-order valence-corrected chi connectivity index (χ3v) is 6.00. The Morgan fingerprint density at radius 2 is 2.26 bits per heavy atom. The molecule has 0 bridgehead atoms. The molecule has 1 aromatic rings. The molecule has 108 valence electrons. The van der Waals surface area contributed by atoms with Crippen molar-refractivity contribution in [3.8, 4) is 0 Å². The first-order valence-corrected chi connectivity index (χ1v) is 9.03.